The highest BCUT2D eigenvalue weighted by atomic mass is 35.5. The summed E-state index contributed by atoms with van der Waals surface area (Å²) in [6.07, 6.45) is 22.1. The molecule has 6 nitrogen and oxygen atoms in total. The van der Waals surface area contributed by atoms with Crippen LogP contribution in [0.5, 0.6) is 0 Å². The van der Waals surface area contributed by atoms with Gasteiger partial charge in [-0.2, -0.15) is 0 Å². The predicted molar refractivity (Wildman–Crippen MR) is 138 cm³/mol. The van der Waals surface area contributed by atoms with Gasteiger partial charge in [0.2, 0.25) is 0 Å². The van der Waals surface area contributed by atoms with E-state index >= 15 is 0 Å². The molecule has 2 heterocycles. The zero-order chi connectivity index (χ0) is 22.9. The van der Waals surface area contributed by atoms with Crippen LogP contribution >= 0.6 is 11.6 Å². The van der Waals surface area contributed by atoms with Gasteiger partial charge in [-0.3, -0.25) is 0 Å². The molecule has 2 aromatic rings. The fourth-order valence-corrected chi connectivity index (χ4v) is 3.94. The van der Waals surface area contributed by atoms with Crippen LogP contribution in [0.3, 0.4) is 0 Å². The summed E-state index contributed by atoms with van der Waals surface area (Å²) in [4.78, 5) is 12.5. The molecule has 0 amide bonds. The molecule has 4 N–H and O–H groups in total. The number of rotatable bonds is 18. The van der Waals surface area contributed by atoms with Crippen LogP contribution in [0.15, 0.2) is 24.7 Å². The summed E-state index contributed by atoms with van der Waals surface area (Å²) in [5.74, 6) is 1.18. The Balaban J connectivity index is 1.51. The number of anilines is 4. The second-order valence-corrected chi connectivity index (χ2v) is 8.83. The summed E-state index contributed by atoms with van der Waals surface area (Å²) in [6.45, 7) is 3.13. The summed E-state index contributed by atoms with van der Waals surface area (Å²) in [5, 5.41) is 6.83. The molecule has 0 unspecified atom stereocenters. The molecule has 2 aromatic heterocycles. The molecule has 0 fully saturated rings. The number of nitrogens with one attached hydrogen (secondary N) is 2. The maximum absolute atomic E-state index is 6.23. The minimum absolute atomic E-state index is 0.377. The van der Waals surface area contributed by atoms with E-state index in [0.29, 0.717) is 28.2 Å². The van der Waals surface area contributed by atoms with Crippen LogP contribution in [0.2, 0.25) is 5.15 Å². The Kier molecular flexibility index (Phi) is 13.5. The zero-order valence-electron chi connectivity index (χ0n) is 19.7. The Morgan fingerprint density at radius 3 is 1.94 bits per heavy atom. The minimum atomic E-state index is 0.377. The number of aromatic nitrogens is 3. The molecule has 0 aliphatic heterocycles. The highest BCUT2D eigenvalue weighted by molar-refractivity contribution is 6.32. The number of nitrogens with zero attached hydrogens (tertiary/aromatic N) is 3. The topological polar surface area (TPSA) is 88.8 Å². The van der Waals surface area contributed by atoms with Crippen molar-refractivity contribution in [3.8, 4) is 0 Å². The van der Waals surface area contributed by atoms with Crippen molar-refractivity contribution >= 4 is 34.6 Å². The van der Waals surface area contributed by atoms with Crippen molar-refractivity contribution in [2.45, 2.75) is 96.8 Å². The molecule has 0 atom stereocenters. The molecule has 178 valence electrons. The number of pyridine rings is 1. The molecule has 32 heavy (non-hydrogen) atoms. The smallest absolute Gasteiger partial charge is 0.159 e. The number of nitrogens with two attached hydrogens (primary N) is 1. The largest absolute Gasteiger partial charge is 0.393 e. The molecule has 0 saturated heterocycles. The third-order valence-corrected chi connectivity index (χ3v) is 6.02. The van der Waals surface area contributed by atoms with Gasteiger partial charge in [0.15, 0.2) is 16.8 Å². The second-order valence-electron chi connectivity index (χ2n) is 8.47. The summed E-state index contributed by atoms with van der Waals surface area (Å²) in [5.41, 5.74) is 7.38. The summed E-state index contributed by atoms with van der Waals surface area (Å²) >= 11 is 6.10. The molecule has 0 aliphatic carbocycles. The number of hydrogen-bond acceptors (Lipinski definition) is 6. The number of nitrogen functional groups attached to an aromatic ring is 1. The Morgan fingerprint density at radius 2 is 1.34 bits per heavy atom. The van der Waals surface area contributed by atoms with E-state index in [1.165, 1.54) is 89.8 Å². The molecule has 0 bridgehead atoms. The Hall–Kier alpha value is -2.08. The van der Waals surface area contributed by atoms with Gasteiger partial charge in [-0.25, -0.2) is 15.0 Å². The van der Waals surface area contributed by atoms with E-state index < -0.39 is 0 Å². The second kappa shape index (κ2) is 16.5. The molecule has 2 rings (SSSR count). The molecule has 7 heteroatoms. The normalized spacial score (nSPS) is 10.9. The Morgan fingerprint density at radius 1 is 0.781 bits per heavy atom. The van der Waals surface area contributed by atoms with Crippen molar-refractivity contribution in [2.75, 3.05) is 22.9 Å². The van der Waals surface area contributed by atoms with Gasteiger partial charge in [0, 0.05) is 12.7 Å². The quantitative estimate of drug-likeness (QED) is 0.155. The Labute approximate surface area is 199 Å². The maximum Gasteiger partial charge on any atom is 0.159 e. The van der Waals surface area contributed by atoms with Gasteiger partial charge >= 0.3 is 0 Å². The van der Waals surface area contributed by atoms with E-state index in [-0.39, 0.29) is 0 Å². The average molecular weight is 461 g/mol. The lowest BCUT2D eigenvalue weighted by Crippen LogP contribution is -2.09. The lowest BCUT2D eigenvalue weighted by atomic mass is 10.0. The zero-order valence-corrected chi connectivity index (χ0v) is 20.5. The van der Waals surface area contributed by atoms with E-state index in [0.717, 1.165) is 13.0 Å². The van der Waals surface area contributed by atoms with Gasteiger partial charge in [0.25, 0.3) is 0 Å². The van der Waals surface area contributed by atoms with Crippen molar-refractivity contribution in [2.24, 2.45) is 0 Å². The SMILES string of the molecule is CCCCCCCCCCCCCCCCNc1ncnc(Nc2cccnc2Cl)c1N. The molecule has 0 radical (unpaired) electrons. The van der Waals surface area contributed by atoms with Crippen molar-refractivity contribution < 1.29 is 0 Å². The van der Waals surface area contributed by atoms with Gasteiger partial charge in [-0.15, -0.1) is 0 Å². The summed E-state index contributed by atoms with van der Waals surface area (Å²) in [6, 6.07) is 3.64. The summed E-state index contributed by atoms with van der Waals surface area (Å²) in [7, 11) is 0. The molecule has 0 spiro atoms. The van der Waals surface area contributed by atoms with Crippen LogP contribution in [0.25, 0.3) is 0 Å². The lowest BCUT2D eigenvalue weighted by molar-refractivity contribution is 0.537. The van der Waals surface area contributed by atoms with Gasteiger partial charge in [0.1, 0.15) is 12.0 Å². The molecular formula is C25H41ClN6. The van der Waals surface area contributed by atoms with E-state index in [9.17, 15) is 0 Å². The van der Waals surface area contributed by atoms with Gasteiger partial charge < -0.3 is 16.4 Å². The highest BCUT2D eigenvalue weighted by Gasteiger charge is 2.09. The van der Waals surface area contributed by atoms with Gasteiger partial charge in [0.05, 0.1) is 5.69 Å². The first-order valence-corrected chi connectivity index (χ1v) is 12.8. The van der Waals surface area contributed by atoms with Crippen molar-refractivity contribution in [3.63, 3.8) is 0 Å². The van der Waals surface area contributed by atoms with Crippen molar-refractivity contribution in [1.82, 2.24) is 15.0 Å². The third-order valence-electron chi connectivity index (χ3n) is 5.72. The first kappa shape index (κ1) is 26.2. The fraction of sp³-hybridized carbons (Fsp3) is 0.640. The number of halogens is 1. The minimum Gasteiger partial charge on any atom is -0.393 e. The van der Waals surface area contributed by atoms with Crippen LogP contribution in [0.1, 0.15) is 96.8 Å². The van der Waals surface area contributed by atoms with Crippen LogP contribution in [-0.2, 0) is 0 Å². The standard InChI is InChI=1S/C25H41ClN6/c1-2-3-4-5-6-7-8-9-10-11-12-13-14-15-18-29-24-22(27)25(31-20-30-24)32-21-17-16-19-28-23(21)26/h16-17,19-20H,2-15,18,27H2,1H3,(H2,29,30,31,32). The fourth-order valence-electron chi connectivity index (χ4n) is 3.77. The van der Waals surface area contributed by atoms with Gasteiger partial charge in [-0.05, 0) is 18.6 Å². The average Bonchev–Trinajstić information content (AvgIpc) is 2.80. The van der Waals surface area contributed by atoms with E-state index in [1.807, 2.05) is 6.07 Å². The number of hydrogen-bond donors (Lipinski definition) is 3. The van der Waals surface area contributed by atoms with E-state index in [1.54, 1.807) is 12.3 Å². The van der Waals surface area contributed by atoms with E-state index in [2.05, 4.69) is 32.5 Å². The molecule has 0 saturated carbocycles. The highest BCUT2D eigenvalue weighted by Crippen LogP contribution is 2.28. The van der Waals surface area contributed by atoms with Crippen LogP contribution < -0.4 is 16.4 Å². The molecule has 0 aliphatic rings. The van der Waals surface area contributed by atoms with Crippen molar-refractivity contribution in [3.05, 3.63) is 29.8 Å². The predicted octanol–water partition coefficient (Wildman–Crippen LogP) is 7.74. The van der Waals surface area contributed by atoms with Crippen molar-refractivity contribution in [1.29, 1.82) is 0 Å². The summed E-state index contributed by atoms with van der Waals surface area (Å²) < 4.78 is 0. The van der Waals surface area contributed by atoms with Crippen LogP contribution in [0, 0.1) is 0 Å². The Bertz CT molecular complexity index is 755. The lowest BCUT2D eigenvalue weighted by Gasteiger charge is -2.13. The maximum atomic E-state index is 6.23. The first-order chi connectivity index (χ1) is 15.7. The number of unbranched alkanes of at least 4 members (excludes halogenated alkanes) is 13. The van der Waals surface area contributed by atoms with E-state index in [4.69, 9.17) is 17.3 Å². The van der Waals surface area contributed by atoms with Crippen LogP contribution in [-0.4, -0.2) is 21.5 Å². The molecular weight excluding hydrogens is 420 g/mol. The monoisotopic (exact) mass is 460 g/mol. The first-order valence-electron chi connectivity index (χ1n) is 12.4. The van der Waals surface area contributed by atoms with Gasteiger partial charge in [-0.1, -0.05) is 102 Å². The molecule has 0 aromatic carbocycles. The third kappa shape index (κ3) is 10.5. The van der Waals surface area contributed by atoms with Crippen LogP contribution in [0.4, 0.5) is 23.0 Å².